The summed E-state index contributed by atoms with van der Waals surface area (Å²) in [4.78, 5) is 0. The Balaban J connectivity index is 1.14. The molecule has 31 heavy (non-hydrogen) atoms. The molecular formula is C27H39N3O. The molecule has 4 nitrogen and oxygen atoms in total. The van der Waals surface area contributed by atoms with Crippen LogP contribution in [0.1, 0.15) is 83.6 Å². The van der Waals surface area contributed by atoms with Crippen molar-refractivity contribution < 1.29 is 5.11 Å². The van der Waals surface area contributed by atoms with Gasteiger partial charge in [0.2, 0.25) is 0 Å². The first-order valence-corrected chi connectivity index (χ1v) is 13.0. The van der Waals surface area contributed by atoms with Gasteiger partial charge in [0, 0.05) is 12.7 Å². The number of aromatic nitrogens is 2. The third-order valence-corrected chi connectivity index (χ3v) is 11.0. The summed E-state index contributed by atoms with van der Waals surface area (Å²) in [5.41, 5.74) is 0.831. The molecule has 10 atom stereocenters. The molecule has 1 heterocycles. The number of fused-ring (bicyclic) bond motifs is 5. The van der Waals surface area contributed by atoms with E-state index in [1.807, 2.05) is 10.9 Å². The number of rotatable bonds is 3. The van der Waals surface area contributed by atoms with Crippen LogP contribution in [0.4, 0.5) is 0 Å². The van der Waals surface area contributed by atoms with Crippen LogP contribution < -0.4 is 0 Å². The van der Waals surface area contributed by atoms with Crippen LogP contribution in [0.25, 0.3) is 0 Å². The summed E-state index contributed by atoms with van der Waals surface area (Å²) in [6.45, 7) is 5.74. The summed E-state index contributed by atoms with van der Waals surface area (Å²) >= 11 is 0. The van der Waals surface area contributed by atoms with Crippen LogP contribution in [0.5, 0.6) is 0 Å². The molecule has 5 aliphatic carbocycles. The van der Waals surface area contributed by atoms with Crippen LogP contribution in [0.15, 0.2) is 12.4 Å². The van der Waals surface area contributed by atoms with Gasteiger partial charge in [-0.3, -0.25) is 4.68 Å². The second-order valence-electron chi connectivity index (χ2n) is 12.6. The van der Waals surface area contributed by atoms with E-state index in [1.54, 1.807) is 6.20 Å². The Bertz CT molecular complexity index is 883. The van der Waals surface area contributed by atoms with Gasteiger partial charge in [-0.05, 0) is 124 Å². The zero-order chi connectivity index (χ0) is 21.4. The SMILES string of the molecule is C[C@@]1(O)CC[C@H]2[C@H](CC[C@@H]3[C@@H]2CC[C@]2(C)[C@@H]([C@H]4C[C@@H]4Cn4cc(C#N)cn4)CC[C@@H]32)C1. The lowest BCUT2D eigenvalue weighted by Crippen LogP contribution is -2.50. The molecule has 0 unspecified atom stereocenters. The van der Waals surface area contributed by atoms with Crippen molar-refractivity contribution in [2.45, 2.75) is 90.2 Å². The van der Waals surface area contributed by atoms with E-state index in [0.717, 1.165) is 66.7 Å². The summed E-state index contributed by atoms with van der Waals surface area (Å²) in [6.07, 6.45) is 16.9. The van der Waals surface area contributed by atoms with Crippen molar-refractivity contribution in [3.8, 4) is 6.07 Å². The molecule has 0 aromatic carbocycles. The predicted octanol–water partition coefficient (Wildman–Crippen LogP) is 5.41. The fourth-order valence-electron chi connectivity index (χ4n) is 9.56. The topological polar surface area (TPSA) is 61.8 Å². The molecule has 0 spiro atoms. The van der Waals surface area contributed by atoms with Crippen molar-refractivity contribution in [3.63, 3.8) is 0 Å². The molecule has 1 aromatic rings. The van der Waals surface area contributed by atoms with Gasteiger partial charge in [-0.15, -0.1) is 0 Å². The third kappa shape index (κ3) is 3.29. The van der Waals surface area contributed by atoms with Gasteiger partial charge < -0.3 is 5.11 Å². The van der Waals surface area contributed by atoms with E-state index >= 15 is 0 Å². The first-order chi connectivity index (χ1) is 14.9. The van der Waals surface area contributed by atoms with E-state index in [0.29, 0.717) is 11.0 Å². The number of aliphatic hydroxyl groups is 1. The fraction of sp³-hybridized carbons (Fsp3) is 0.852. The molecule has 1 N–H and O–H groups in total. The molecule has 0 amide bonds. The van der Waals surface area contributed by atoms with Crippen molar-refractivity contribution in [3.05, 3.63) is 18.0 Å². The summed E-state index contributed by atoms with van der Waals surface area (Å²) in [5.74, 6) is 7.06. The smallest absolute Gasteiger partial charge is 0.102 e. The molecule has 5 fully saturated rings. The predicted molar refractivity (Wildman–Crippen MR) is 120 cm³/mol. The molecule has 5 saturated carbocycles. The van der Waals surface area contributed by atoms with Crippen molar-refractivity contribution in [2.24, 2.45) is 52.8 Å². The Morgan fingerprint density at radius 1 is 1.03 bits per heavy atom. The monoisotopic (exact) mass is 421 g/mol. The molecule has 168 valence electrons. The second-order valence-corrected chi connectivity index (χ2v) is 12.6. The molecular weight excluding hydrogens is 382 g/mol. The van der Waals surface area contributed by atoms with Crippen LogP contribution in [0.3, 0.4) is 0 Å². The largest absolute Gasteiger partial charge is 0.390 e. The molecule has 0 saturated heterocycles. The number of nitrogens with zero attached hydrogens (tertiary/aromatic N) is 3. The van der Waals surface area contributed by atoms with Gasteiger partial charge in [-0.25, -0.2) is 0 Å². The van der Waals surface area contributed by atoms with Crippen LogP contribution >= 0.6 is 0 Å². The van der Waals surface area contributed by atoms with Gasteiger partial charge >= 0.3 is 0 Å². The molecule has 4 heteroatoms. The van der Waals surface area contributed by atoms with Gasteiger partial charge in [0.15, 0.2) is 0 Å². The average Bonchev–Trinajstić information content (AvgIpc) is 3.16. The van der Waals surface area contributed by atoms with Crippen LogP contribution in [0.2, 0.25) is 0 Å². The van der Waals surface area contributed by atoms with Gasteiger partial charge in [0.25, 0.3) is 0 Å². The maximum atomic E-state index is 10.6. The zero-order valence-corrected chi connectivity index (χ0v) is 19.3. The standard InChI is InChI=1S/C27H39N3O/c1-26(31)9-7-20-18(12-26)3-4-22-21(20)8-10-27(2)24(22)5-6-25(27)23-11-19(23)16-30-15-17(13-28)14-29-30/h14-15,18-25,31H,3-12,16H2,1-2H3/t18-,19-,20+,21-,22-,23+,24+,25-,26-,27+/m1/s1. The first-order valence-electron chi connectivity index (χ1n) is 13.0. The highest BCUT2D eigenvalue weighted by molar-refractivity contribution is 5.21. The van der Waals surface area contributed by atoms with Crippen LogP contribution in [-0.4, -0.2) is 20.5 Å². The van der Waals surface area contributed by atoms with Gasteiger partial charge in [0.1, 0.15) is 6.07 Å². The molecule has 6 rings (SSSR count). The van der Waals surface area contributed by atoms with Crippen molar-refractivity contribution in [2.75, 3.05) is 0 Å². The van der Waals surface area contributed by atoms with E-state index in [-0.39, 0.29) is 0 Å². The van der Waals surface area contributed by atoms with Gasteiger partial charge in [-0.2, -0.15) is 10.4 Å². The number of hydrogen-bond donors (Lipinski definition) is 1. The first kappa shape index (κ1) is 20.3. The van der Waals surface area contributed by atoms with Crippen LogP contribution in [0, 0.1) is 64.1 Å². The molecule has 5 aliphatic rings. The minimum atomic E-state index is -0.404. The molecule has 0 aliphatic heterocycles. The minimum absolute atomic E-state index is 0.404. The molecule has 1 aromatic heterocycles. The highest BCUT2D eigenvalue weighted by Gasteiger charge is 2.61. The Morgan fingerprint density at radius 3 is 2.58 bits per heavy atom. The van der Waals surface area contributed by atoms with Gasteiger partial charge in [0.05, 0.1) is 17.4 Å². The van der Waals surface area contributed by atoms with E-state index in [2.05, 4.69) is 25.0 Å². The maximum absolute atomic E-state index is 10.6. The number of hydrogen-bond acceptors (Lipinski definition) is 3. The van der Waals surface area contributed by atoms with E-state index < -0.39 is 5.60 Å². The Kier molecular flexibility index (Phi) is 4.63. The van der Waals surface area contributed by atoms with E-state index in [4.69, 9.17) is 5.26 Å². The second kappa shape index (κ2) is 7.08. The minimum Gasteiger partial charge on any atom is -0.390 e. The lowest BCUT2D eigenvalue weighted by Gasteiger charge is -2.57. The highest BCUT2D eigenvalue weighted by atomic mass is 16.3. The average molecular weight is 422 g/mol. The summed E-state index contributed by atoms with van der Waals surface area (Å²) in [5, 5.41) is 24.1. The Hall–Kier alpha value is -1.34. The molecule has 0 bridgehead atoms. The van der Waals surface area contributed by atoms with Crippen molar-refractivity contribution in [1.82, 2.24) is 9.78 Å². The lowest BCUT2D eigenvalue weighted by molar-refractivity contribution is -0.101. The summed E-state index contributed by atoms with van der Waals surface area (Å²) < 4.78 is 2.01. The van der Waals surface area contributed by atoms with E-state index in [9.17, 15) is 5.11 Å². The third-order valence-electron chi connectivity index (χ3n) is 11.0. The van der Waals surface area contributed by atoms with Crippen LogP contribution in [-0.2, 0) is 6.54 Å². The molecule has 0 radical (unpaired) electrons. The van der Waals surface area contributed by atoms with Crippen molar-refractivity contribution >= 4 is 0 Å². The fourth-order valence-corrected chi connectivity index (χ4v) is 9.56. The lowest BCUT2D eigenvalue weighted by atomic mass is 9.49. The van der Waals surface area contributed by atoms with Crippen molar-refractivity contribution in [1.29, 1.82) is 5.26 Å². The Labute approximate surface area is 187 Å². The highest BCUT2D eigenvalue weighted by Crippen LogP contribution is 2.68. The quantitative estimate of drug-likeness (QED) is 0.710. The van der Waals surface area contributed by atoms with Gasteiger partial charge in [-0.1, -0.05) is 6.92 Å². The normalized spacial score (nSPS) is 50.8. The maximum Gasteiger partial charge on any atom is 0.102 e. The Morgan fingerprint density at radius 2 is 1.81 bits per heavy atom. The zero-order valence-electron chi connectivity index (χ0n) is 19.3. The summed E-state index contributed by atoms with van der Waals surface area (Å²) in [7, 11) is 0. The number of nitriles is 1. The summed E-state index contributed by atoms with van der Waals surface area (Å²) in [6, 6.07) is 2.20. The van der Waals surface area contributed by atoms with E-state index in [1.165, 1.54) is 51.4 Å².